The van der Waals surface area contributed by atoms with Crippen molar-refractivity contribution in [2.75, 3.05) is 12.3 Å². The number of rotatable bonds is 2. The molecule has 0 radical (unpaired) electrons. The molecule has 1 N–H and O–H groups in total. The molecule has 25 heavy (non-hydrogen) atoms. The third kappa shape index (κ3) is 2.82. The smallest absolute Gasteiger partial charge is 0.331 e. The SMILES string of the molecule is O=C(O)C1c2ccccc2CCN1C(=O)C1SCCc2ccccc21. The van der Waals surface area contributed by atoms with Gasteiger partial charge in [-0.25, -0.2) is 4.79 Å². The normalized spacial score (nSPS) is 22.0. The number of amides is 1. The second kappa shape index (κ2) is 6.56. The minimum absolute atomic E-state index is 0.0842. The molecule has 0 saturated heterocycles. The first kappa shape index (κ1) is 16.2. The standard InChI is InChI=1S/C20H19NO3S/c22-19(18-16-8-4-2-6-14(16)10-12-25-18)21-11-9-13-5-1-3-7-15(13)17(21)20(23)24/h1-8,17-18H,9-12H2,(H,23,24). The predicted octanol–water partition coefficient (Wildman–Crippen LogP) is 3.23. The van der Waals surface area contributed by atoms with Crippen molar-refractivity contribution in [2.24, 2.45) is 0 Å². The lowest BCUT2D eigenvalue weighted by Gasteiger charge is -2.37. The van der Waals surface area contributed by atoms with E-state index in [4.69, 9.17) is 0 Å². The molecule has 5 heteroatoms. The Bertz CT molecular complexity index is 835. The highest BCUT2D eigenvalue weighted by Crippen LogP contribution is 2.41. The molecule has 2 aromatic carbocycles. The molecule has 2 unspecified atom stereocenters. The molecule has 0 aliphatic carbocycles. The molecule has 2 aromatic rings. The van der Waals surface area contributed by atoms with Gasteiger partial charge < -0.3 is 10.0 Å². The summed E-state index contributed by atoms with van der Waals surface area (Å²) in [5.41, 5.74) is 4.00. The number of benzene rings is 2. The Morgan fingerprint density at radius 3 is 2.32 bits per heavy atom. The number of thioether (sulfide) groups is 1. The summed E-state index contributed by atoms with van der Waals surface area (Å²) < 4.78 is 0. The number of carbonyl (C=O) groups excluding carboxylic acids is 1. The van der Waals surface area contributed by atoms with Gasteiger partial charge in [0.1, 0.15) is 5.25 Å². The van der Waals surface area contributed by atoms with Gasteiger partial charge in [-0.05, 0) is 40.8 Å². The van der Waals surface area contributed by atoms with Crippen LogP contribution in [0.25, 0.3) is 0 Å². The van der Waals surface area contributed by atoms with E-state index in [0.29, 0.717) is 13.0 Å². The molecule has 4 nitrogen and oxygen atoms in total. The summed E-state index contributed by atoms with van der Waals surface area (Å²) >= 11 is 1.62. The Balaban J connectivity index is 1.70. The lowest BCUT2D eigenvalue weighted by atomic mass is 9.91. The van der Waals surface area contributed by atoms with Gasteiger partial charge in [0.25, 0.3) is 0 Å². The average molecular weight is 353 g/mol. The molecule has 128 valence electrons. The maximum atomic E-state index is 13.3. The lowest BCUT2D eigenvalue weighted by molar-refractivity contribution is -0.151. The Kier molecular flexibility index (Phi) is 4.25. The second-order valence-corrected chi connectivity index (χ2v) is 7.63. The summed E-state index contributed by atoms with van der Waals surface area (Å²) in [4.78, 5) is 26.8. The van der Waals surface area contributed by atoms with Crippen molar-refractivity contribution in [3.8, 4) is 0 Å². The largest absolute Gasteiger partial charge is 0.479 e. The zero-order valence-electron chi connectivity index (χ0n) is 13.7. The summed E-state index contributed by atoms with van der Waals surface area (Å²) in [6.07, 6.45) is 1.65. The molecule has 0 spiro atoms. The van der Waals surface area contributed by atoms with Gasteiger partial charge in [0.2, 0.25) is 5.91 Å². The number of aryl methyl sites for hydroxylation is 1. The number of fused-ring (bicyclic) bond motifs is 2. The fraction of sp³-hybridized carbons (Fsp3) is 0.300. The molecule has 0 saturated carbocycles. The number of carbonyl (C=O) groups is 2. The molecule has 0 aromatic heterocycles. The monoisotopic (exact) mass is 353 g/mol. The molecule has 1 amide bonds. The Morgan fingerprint density at radius 2 is 1.60 bits per heavy atom. The van der Waals surface area contributed by atoms with Crippen LogP contribution in [0.15, 0.2) is 48.5 Å². The summed E-state index contributed by atoms with van der Waals surface area (Å²) in [7, 11) is 0. The van der Waals surface area contributed by atoms with Crippen LogP contribution in [-0.4, -0.2) is 34.2 Å². The van der Waals surface area contributed by atoms with Gasteiger partial charge in [-0.1, -0.05) is 48.5 Å². The molecule has 2 aliphatic heterocycles. The highest BCUT2D eigenvalue weighted by Gasteiger charge is 2.40. The number of hydrogen-bond acceptors (Lipinski definition) is 3. The first-order valence-corrected chi connectivity index (χ1v) is 9.52. The summed E-state index contributed by atoms with van der Waals surface area (Å²) in [6, 6.07) is 14.7. The molecule has 4 rings (SSSR count). The first-order valence-electron chi connectivity index (χ1n) is 8.47. The van der Waals surface area contributed by atoms with Gasteiger partial charge in [0, 0.05) is 6.54 Å². The summed E-state index contributed by atoms with van der Waals surface area (Å²) in [5, 5.41) is 9.49. The van der Waals surface area contributed by atoms with Gasteiger partial charge in [-0.2, -0.15) is 0 Å². The van der Waals surface area contributed by atoms with Crippen molar-refractivity contribution in [3.63, 3.8) is 0 Å². The van der Waals surface area contributed by atoms with Crippen molar-refractivity contribution in [2.45, 2.75) is 24.1 Å². The van der Waals surface area contributed by atoms with Crippen LogP contribution in [0.3, 0.4) is 0 Å². The summed E-state index contributed by atoms with van der Waals surface area (Å²) in [6.45, 7) is 0.450. The van der Waals surface area contributed by atoms with E-state index in [1.807, 2.05) is 42.5 Å². The molecule has 0 fully saturated rings. The van der Waals surface area contributed by atoms with Crippen molar-refractivity contribution in [1.82, 2.24) is 4.90 Å². The van der Waals surface area contributed by atoms with Crippen molar-refractivity contribution >= 4 is 23.6 Å². The quantitative estimate of drug-likeness (QED) is 0.901. The van der Waals surface area contributed by atoms with Gasteiger partial charge in [-0.3, -0.25) is 4.79 Å². The van der Waals surface area contributed by atoms with Crippen LogP contribution in [0.4, 0.5) is 0 Å². The van der Waals surface area contributed by atoms with Crippen LogP contribution in [0.2, 0.25) is 0 Å². The van der Waals surface area contributed by atoms with Gasteiger partial charge in [0.15, 0.2) is 6.04 Å². The van der Waals surface area contributed by atoms with Crippen LogP contribution in [0.5, 0.6) is 0 Å². The second-order valence-electron chi connectivity index (χ2n) is 6.42. The fourth-order valence-corrected chi connectivity index (χ4v) is 5.08. The topological polar surface area (TPSA) is 57.6 Å². The van der Waals surface area contributed by atoms with Crippen LogP contribution in [0, 0.1) is 0 Å². The van der Waals surface area contributed by atoms with E-state index in [-0.39, 0.29) is 11.2 Å². The Hall–Kier alpha value is -2.27. The molecule has 2 aliphatic rings. The van der Waals surface area contributed by atoms with E-state index in [1.165, 1.54) is 5.56 Å². The van der Waals surface area contributed by atoms with E-state index < -0.39 is 12.0 Å². The van der Waals surface area contributed by atoms with E-state index in [1.54, 1.807) is 16.7 Å². The molecular formula is C20H19NO3S. The number of carboxylic acid groups (broad SMARTS) is 1. The third-order valence-electron chi connectivity index (χ3n) is 5.02. The predicted molar refractivity (Wildman–Crippen MR) is 97.6 cm³/mol. The third-order valence-corrected chi connectivity index (χ3v) is 6.25. The number of aliphatic carboxylic acids is 1. The average Bonchev–Trinajstić information content (AvgIpc) is 2.66. The van der Waals surface area contributed by atoms with E-state index >= 15 is 0 Å². The molecular weight excluding hydrogens is 334 g/mol. The molecule has 0 bridgehead atoms. The van der Waals surface area contributed by atoms with Gasteiger partial charge >= 0.3 is 5.97 Å². The number of nitrogens with zero attached hydrogens (tertiary/aromatic N) is 1. The minimum Gasteiger partial charge on any atom is -0.479 e. The van der Waals surface area contributed by atoms with Crippen LogP contribution >= 0.6 is 11.8 Å². The molecule has 2 heterocycles. The zero-order chi connectivity index (χ0) is 17.4. The van der Waals surface area contributed by atoms with Crippen molar-refractivity contribution < 1.29 is 14.7 Å². The first-order chi connectivity index (χ1) is 12.2. The van der Waals surface area contributed by atoms with Crippen LogP contribution < -0.4 is 0 Å². The van der Waals surface area contributed by atoms with E-state index in [0.717, 1.165) is 28.9 Å². The van der Waals surface area contributed by atoms with Gasteiger partial charge in [-0.15, -0.1) is 11.8 Å². The fourth-order valence-electron chi connectivity index (χ4n) is 3.82. The van der Waals surface area contributed by atoms with Gasteiger partial charge in [0.05, 0.1) is 0 Å². The van der Waals surface area contributed by atoms with Crippen molar-refractivity contribution in [1.29, 1.82) is 0 Å². The van der Waals surface area contributed by atoms with Crippen molar-refractivity contribution in [3.05, 3.63) is 70.8 Å². The Morgan fingerprint density at radius 1 is 0.960 bits per heavy atom. The summed E-state index contributed by atoms with van der Waals surface area (Å²) in [5.74, 6) is -0.163. The maximum Gasteiger partial charge on any atom is 0.331 e. The maximum absolute atomic E-state index is 13.3. The minimum atomic E-state index is -0.963. The molecule has 2 atom stereocenters. The van der Waals surface area contributed by atoms with E-state index in [2.05, 4.69) is 6.07 Å². The highest BCUT2D eigenvalue weighted by atomic mass is 32.2. The number of carboxylic acids is 1. The van der Waals surface area contributed by atoms with E-state index in [9.17, 15) is 14.7 Å². The zero-order valence-corrected chi connectivity index (χ0v) is 14.5. The number of hydrogen-bond donors (Lipinski definition) is 1. The van der Waals surface area contributed by atoms with Crippen LogP contribution in [-0.2, 0) is 22.4 Å². The lowest BCUT2D eigenvalue weighted by Crippen LogP contribution is -2.45. The van der Waals surface area contributed by atoms with Crippen LogP contribution in [0.1, 0.15) is 33.5 Å². The Labute approximate surface area is 150 Å². The highest BCUT2D eigenvalue weighted by molar-refractivity contribution is 8.00.